The Labute approximate surface area is 412 Å². The van der Waals surface area contributed by atoms with Crippen molar-refractivity contribution in [2.45, 2.75) is 19.3 Å². The summed E-state index contributed by atoms with van der Waals surface area (Å²) in [6, 6.07) is 87.6. The Morgan fingerprint density at radius 3 is 1.34 bits per heavy atom. The molecule has 0 spiro atoms. The molecule has 0 amide bonds. The molecule has 0 aromatic heterocycles. The average Bonchev–Trinajstić information content (AvgIpc) is 3.65. The summed E-state index contributed by atoms with van der Waals surface area (Å²) in [4.78, 5) is 2.25. The molecule has 2 heteroatoms. The van der Waals surface area contributed by atoms with Gasteiger partial charge in [0.25, 0.3) is 0 Å². The van der Waals surface area contributed by atoms with Gasteiger partial charge in [-0.1, -0.05) is 190 Å². The Hall–Kier alpha value is -8.85. The summed E-state index contributed by atoms with van der Waals surface area (Å²) >= 11 is 0. The smallest absolute Gasteiger partial charge is 0.123 e. The number of hydrogen-bond acceptors (Lipinski definition) is 1. The lowest BCUT2D eigenvalue weighted by Gasteiger charge is -2.28. The van der Waals surface area contributed by atoms with Crippen molar-refractivity contribution in [3.63, 3.8) is 0 Å². The number of fused-ring (bicyclic) bond motifs is 11. The Morgan fingerprint density at radius 1 is 0.296 bits per heavy atom. The molecule has 0 saturated carbocycles. The summed E-state index contributed by atoms with van der Waals surface area (Å²) in [6.45, 7) is 4.62. The summed E-state index contributed by atoms with van der Waals surface area (Å²) in [5.41, 5.74) is 15.1. The third kappa shape index (κ3) is 6.38. The van der Waals surface area contributed by atoms with E-state index in [1.165, 1.54) is 109 Å². The summed E-state index contributed by atoms with van der Waals surface area (Å²) in [7, 11) is 0. The van der Waals surface area contributed by atoms with Crippen molar-refractivity contribution < 1.29 is 4.39 Å². The zero-order valence-corrected chi connectivity index (χ0v) is 39.4. The van der Waals surface area contributed by atoms with E-state index in [4.69, 9.17) is 0 Å². The molecular weight excluding hydrogens is 862 g/mol. The van der Waals surface area contributed by atoms with Crippen LogP contribution in [0.4, 0.5) is 21.5 Å². The largest absolute Gasteiger partial charge is 0.310 e. The van der Waals surface area contributed by atoms with Crippen LogP contribution in [0.3, 0.4) is 0 Å². The van der Waals surface area contributed by atoms with Crippen LogP contribution in [0.2, 0.25) is 0 Å². The predicted molar refractivity (Wildman–Crippen MR) is 300 cm³/mol. The molecule has 13 aromatic carbocycles. The minimum atomic E-state index is -0.258. The standard InChI is InChI=1S/C69H46FN/c1-69(2)65-26-14-13-23-57(65)58-38-36-50(42-66(58)69)71(49-34-30-47(70)31-35-49)48-32-27-43(28-33-48)44-29-37-61-64(39-44)68(63-41-46-16-4-6-18-52(46)54-20-8-10-22-56(54)63)60-25-12-11-24-59(60)67(61)62-40-45-15-3-5-17-51(45)53-19-7-9-21-55(53)62/h3-42H,1-2H3. The van der Waals surface area contributed by atoms with Gasteiger partial charge in [0.15, 0.2) is 0 Å². The third-order valence-corrected chi connectivity index (χ3v) is 15.5. The maximum Gasteiger partial charge on any atom is 0.123 e. The molecule has 334 valence electrons. The zero-order valence-electron chi connectivity index (χ0n) is 39.4. The van der Waals surface area contributed by atoms with Crippen LogP contribution in [0.1, 0.15) is 25.0 Å². The molecule has 0 radical (unpaired) electrons. The predicted octanol–water partition coefficient (Wildman–Crippen LogP) is 19.5. The highest BCUT2D eigenvalue weighted by molar-refractivity contribution is 6.28. The normalized spacial score (nSPS) is 12.8. The van der Waals surface area contributed by atoms with E-state index in [-0.39, 0.29) is 11.2 Å². The molecule has 0 unspecified atom stereocenters. The Balaban J connectivity index is 0.995. The molecule has 0 heterocycles. The maximum atomic E-state index is 14.5. The molecule has 0 aliphatic heterocycles. The SMILES string of the molecule is CC1(C)c2ccccc2-c2ccc(N(c3ccc(F)cc3)c3ccc(-c4ccc5c(-c6cc7ccccc7c7ccccc67)c6ccccc6c(-c6cc7ccccc7c7ccccc67)c5c4)cc3)cc21. The molecule has 13 aromatic rings. The summed E-state index contributed by atoms with van der Waals surface area (Å²) in [5, 5.41) is 14.8. The minimum Gasteiger partial charge on any atom is -0.310 e. The van der Waals surface area contributed by atoms with Gasteiger partial charge < -0.3 is 4.90 Å². The first-order valence-electron chi connectivity index (χ1n) is 24.6. The van der Waals surface area contributed by atoms with Gasteiger partial charge in [0.1, 0.15) is 5.82 Å². The fourth-order valence-electron chi connectivity index (χ4n) is 12.1. The molecule has 0 N–H and O–H groups in total. The zero-order chi connectivity index (χ0) is 47.4. The first-order chi connectivity index (χ1) is 34.9. The first kappa shape index (κ1) is 41.2. The van der Waals surface area contributed by atoms with Crippen molar-refractivity contribution in [2.24, 2.45) is 0 Å². The van der Waals surface area contributed by atoms with Gasteiger partial charge in [-0.2, -0.15) is 0 Å². The number of hydrogen-bond donors (Lipinski definition) is 0. The van der Waals surface area contributed by atoms with Gasteiger partial charge in [-0.3, -0.25) is 0 Å². The lowest BCUT2D eigenvalue weighted by atomic mass is 9.81. The van der Waals surface area contributed by atoms with E-state index in [2.05, 4.69) is 237 Å². The highest BCUT2D eigenvalue weighted by atomic mass is 19.1. The Morgan fingerprint density at radius 2 is 0.732 bits per heavy atom. The molecule has 0 bridgehead atoms. The fourth-order valence-corrected chi connectivity index (χ4v) is 12.1. The van der Waals surface area contributed by atoms with Crippen LogP contribution in [0.15, 0.2) is 243 Å². The van der Waals surface area contributed by atoms with Crippen molar-refractivity contribution >= 4 is 81.7 Å². The van der Waals surface area contributed by atoms with Crippen LogP contribution in [0, 0.1) is 5.82 Å². The third-order valence-electron chi connectivity index (χ3n) is 15.5. The van der Waals surface area contributed by atoms with Gasteiger partial charge in [-0.25, -0.2) is 4.39 Å². The number of nitrogens with zero attached hydrogens (tertiary/aromatic N) is 1. The quantitative estimate of drug-likeness (QED) is 0.119. The van der Waals surface area contributed by atoms with Crippen LogP contribution in [0.5, 0.6) is 0 Å². The number of anilines is 3. The van der Waals surface area contributed by atoms with Crippen molar-refractivity contribution in [2.75, 3.05) is 4.90 Å². The van der Waals surface area contributed by atoms with E-state index in [1.54, 1.807) is 12.1 Å². The van der Waals surface area contributed by atoms with E-state index in [1.807, 2.05) is 12.1 Å². The molecule has 1 nitrogen and oxygen atoms in total. The van der Waals surface area contributed by atoms with Crippen molar-refractivity contribution in [1.82, 2.24) is 0 Å². The van der Waals surface area contributed by atoms with Crippen LogP contribution < -0.4 is 4.90 Å². The van der Waals surface area contributed by atoms with Crippen LogP contribution in [-0.2, 0) is 5.41 Å². The van der Waals surface area contributed by atoms with Crippen molar-refractivity contribution in [3.05, 3.63) is 260 Å². The molecule has 14 rings (SSSR count). The van der Waals surface area contributed by atoms with Gasteiger partial charge in [-0.05, 0) is 187 Å². The fraction of sp³-hybridized carbons (Fsp3) is 0.0435. The van der Waals surface area contributed by atoms with Gasteiger partial charge >= 0.3 is 0 Å². The second-order valence-electron chi connectivity index (χ2n) is 19.7. The molecule has 0 saturated heterocycles. The van der Waals surface area contributed by atoms with E-state index in [9.17, 15) is 4.39 Å². The maximum absolute atomic E-state index is 14.5. The molecular formula is C69H46FN. The molecule has 0 atom stereocenters. The van der Waals surface area contributed by atoms with Crippen LogP contribution in [0.25, 0.3) is 109 Å². The lowest BCUT2D eigenvalue weighted by molar-refractivity contribution is 0.628. The summed E-state index contributed by atoms with van der Waals surface area (Å²) in [5.74, 6) is -0.258. The monoisotopic (exact) mass is 907 g/mol. The second kappa shape index (κ2) is 15.8. The van der Waals surface area contributed by atoms with Gasteiger partial charge in [0.2, 0.25) is 0 Å². The molecule has 0 fully saturated rings. The van der Waals surface area contributed by atoms with Gasteiger partial charge in [0, 0.05) is 22.5 Å². The minimum absolute atomic E-state index is 0.166. The molecule has 71 heavy (non-hydrogen) atoms. The van der Waals surface area contributed by atoms with Crippen LogP contribution >= 0.6 is 0 Å². The van der Waals surface area contributed by atoms with E-state index in [0.717, 1.165) is 28.2 Å². The van der Waals surface area contributed by atoms with Gasteiger partial charge in [0.05, 0.1) is 0 Å². The van der Waals surface area contributed by atoms with E-state index >= 15 is 0 Å². The number of halogens is 1. The Kier molecular flexibility index (Phi) is 9.19. The first-order valence-corrected chi connectivity index (χ1v) is 24.6. The number of rotatable bonds is 6. The summed E-state index contributed by atoms with van der Waals surface area (Å²) < 4.78 is 14.5. The van der Waals surface area contributed by atoms with Crippen LogP contribution in [-0.4, -0.2) is 0 Å². The van der Waals surface area contributed by atoms with Gasteiger partial charge in [-0.15, -0.1) is 0 Å². The highest BCUT2D eigenvalue weighted by Crippen LogP contribution is 2.52. The lowest BCUT2D eigenvalue weighted by Crippen LogP contribution is -2.16. The number of benzene rings is 13. The topological polar surface area (TPSA) is 3.24 Å². The van der Waals surface area contributed by atoms with Crippen molar-refractivity contribution in [3.8, 4) is 44.5 Å². The van der Waals surface area contributed by atoms with E-state index < -0.39 is 0 Å². The van der Waals surface area contributed by atoms with Crippen molar-refractivity contribution in [1.29, 1.82) is 0 Å². The molecule has 1 aliphatic carbocycles. The summed E-state index contributed by atoms with van der Waals surface area (Å²) in [6.07, 6.45) is 0. The molecule has 1 aliphatic rings. The van der Waals surface area contributed by atoms with E-state index in [0.29, 0.717) is 0 Å². The highest BCUT2D eigenvalue weighted by Gasteiger charge is 2.36. The second-order valence-corrected chi connectivity index (χ2v) is 19.7. The Bertz CT molecular complexity index is 4320. The average molecular weight is 908 g/mol.